The molecule has 0 unspecified atom stereocenters. The number of para-hydroxylation sites is 3. The summed E-state index contributed by atoms with van der Waals surface area (Å²) in [5, 5.41) is 2.77. The van der Waals surface area contributed by atoms with E-state index in [1.807, 2.05) is 18.2 Å². The fourth-order valence-electron chi connectivity index (χ4n) is 3.48. The Bertz CT molecular complexity index is 1010. The minimum atomic E-state index is -0.301. The number of methoxy groups -OCH3 is 1. The van der Waals surface area contributed by atoms with Crippen LogP contribution in [0, 0.1) is 0 Å². The summed E-state index contributed by atoms with van der Waals surface area (Å²) in [6.45, 7) is 3.35. The number of aromatic nitrogens is 2. The molecule has 1 N–H and O–H groups in total. The molecule has 1 aliphatic heterocycles. The van der Waals surface area contributed by atoms with Crippen molar-refractivity contribution < 1.29 is 14.3 Å². The molecule has 2 heterocycles. The van der Waals surface area contributed by atoms with E-state index in [1.165, 1.54) is 12.0 Å². The molecule has 1 aromatic heterocycles. The number of ether oxygens (including phenoxy) is 2. The van der Waals surface area contributed by atoms with Crippen molar-refractivity contribution in [1.29, 1.82) is 0 Å². The predicted octanol–water partition coefficient (Wildman–Crippen LogP) is 2.83. The van der Waals surface area contributed by atoms with E-state index in [2.05, 4.69) is 49.4 Å². The largest absolute Gasteiger partial charge is 0.493 e. The average Bonchev–Trinajstić information content (AvgIpc) is 2.84. The van der Waals surface area contributed by atoms with Crippen molar-refractivity contribution in [1.82, 2.24) is 9.97 Å². The van der Waals surface area contributed by atoms with Crippen LogP contribution in [0.1, 0.15) is 0 Å². The molecule has 0 atom stereocenters. The average molecular weight is 419 g/mol. The van der Waals surface area contributed by atoms with Crippen LogP contribution in [0.15, 0.2) is 67.0 Å². The number of nitrogens with one attached hydrogen (secondary N) is 1. The first-order valence-corrected chi connectivity index (χ1v) is 10.2. The van der Waals surface area contributed by atoms with Crippen LogP contribution in [0.25, 0.3) is 0 Å². The molecule has 1 fully saturated rings. The second-order valence-corrected chi connectivity index (χ2v) is 7.06. The quantitative estimate of drug-likeness (QED) is 0.631. The number of anilines is 3. The van der Waals surface area contributed by atoms with Crippen LogP contribution in [0.2, 0.25) is 0 Å². The highest BCUT2D eigenvalue weighted by molar-refractivity contribution is 5.91. The van der Waals surface area contributed by atoms with Gasteiger partial charge in [-0.1, -0.05) is 30.3 Å². The molecule has 160 valence electrons. The summed E-state index contributed by atoms with van der Waals surface area (Å²) < 4.78 is 10.8. The van der Waals surface area contributed by atoms with Gasteiger partial charge in [0.05, 0.1) is 7.11 Å². The normalized spacial score (nSPS) is 13.6. The molecule has 0 spiro atoms. The Labute approximate surface area is 181 Å². The minimum Gasteiger partial charge on any atom is -0.493 e. The maximum atomic E-state index is 12.3. The zero-order valence-electron chi connectivity index (χ0n) is 17.4. The second-order valence-electron chi connectivity index (χ2n) is 7.06. The number of nitrogens with zero attached hydrogens (tertiary/aromatic N) is 4. The van der Waals surface area contributed by atoms with Crippen LogP contribution in [0.5, 0.6) is 11.5 Å². The maximum absolute atomic E-state index is 12.3. The summed E-state index contributed by atoms with van der Waals surface area (Å²) in [5.41, 5.74) is 1.23. The van der Waals surface area contributed by atoms with Crippen molar-refractivity contribution in [2.45, 2.75) is 0 Å². The molecule has 3 aromatic rings. The van der Waals surface area contributed by atoms with Gasteiger partial charge in [0, 0.05) is 37.9 Å². The lowest BCUT2D eigenvalue weighted by molar-refractivity contribution is -0.118. The molecule has 8 nitrogen and oxygen atoms in total. The monoisotopic (exact) mass is 419 g/mol. The number of hydrogen-bond acceptors (Lipinski definition) is 7. The summed E-state index contributed by atoms with van der Waals surface area (Å²) in [6, 6.07) is 19.4. The van der Waals surface area contributed by atoms with Crippen molar-refractivity contribution in [3.05, 3.63) is 67.0 Å². The molecule has 2 aromatic carbocycles. The first-order chi connectivity index (χ1) is 15.2. The minimum absolute atomic E-state index is 0.143. The number of amides is 1. The molecule has 31 heavy (non-hydrogen) atoms. The second kappa shape index (κ2) is 9.80. The van der Waals surface area contributed by atoms with E-state index < -0.39 is 0 Å². The Morgan fingerprint density at radius 3 is 2.35 bits per heavy atom. The molecular weight excluding hydrogens is 394 g/mol. The smallest absolute Gasteiger partial charge is 0.263 e. The van der Waals surface area contributed by atoms with Crippen LogP contribution < -0.4 is 24.6 Å². The first-order valence-electron chi connectivity index (χ1n) is 10.2. The van der Waals surface area contributed by atoms with E-state index in [0.29, 0.717) is 17.3 Å². The molecule has 0 saturated carbocycles. The molecule has 0 radical (unpaired) electrons. The fraction of sp³-hybridized carbons (Fsp3) is 0.261. The summed E-state index contributed by atoms with van der Waals surface area (Å²) in [5.74, 6) is 2.03. The lowest BCUT2D eigenvalue weighted by Crippen LogP contribution is -2.46. The molecule has 0 bridgehead atoms. The summed E-state index contributed by atoms with van der Waals surface area (Å²) in [4.78, 5) is 25.4. The van der Waals surface area contributed by atoms with Crippen LogP contribution >= 0.6 is 0 Å². The van der Waals surface area contributed by atoms with Crippen LogP contribution in [-0.4, -0.2) is 55.8 Å². The third kappa shape index (κ3) is 5.22. The van der Waals surface area contributed by atoms with Crippen LogP contribution in [0.4, 0.5) is 17.3 Å². The fourth-order valence-corrected chi connectivity index (χ4v) is 3.48. The maximum Gasteiger partial charge on any atom is 0.263 e. The lowest BCUT2D eigenvalue weighted by atomic mass is 10.2. The number of piperazine rings is 1. The van der Waals surface area contributed by atoms with Gasteiger partial charge in [0.2, 0.25) is 0 Å². The molecule has 8 heteroatoms. The third-order valence-corrected chi connectivity index (χ3v) is 5.07. The molecule has 4 rings (SSSR count). The highest BCUT2D eigenvalue weighted by Crippen LogP contribution is 2.25. The number of rotatable bonds is 7. The van der Waals surface area contributed by atoms with Gasteiger partial charge in [-0.05, 0) is 24.3 Å². The Balaban J connectivity index is 1.32. The Hall–Kier alpha value is -3.81. The Morgan fingerprint density at radius 1 is 0.935 bits per heavy atom. The van der Waals surface area contributed by atoms with Gasteiger partial charge in [-0.25, -0.2) is 9.97 Å². The molecular formula is C23H25N5O3. The number of benzene rings is 2. The SMILES string of the molecule is COc1ccccc1OCC(=O)Nc1cc(N2CCN(c3ccccc3)CC2)ncn1. The van der Waals surface area contributed by atoms with Crippen molar-refractivity contribution in [2.75, 3.05) is 55.0 Å². The zero-order chi connectivity index (χ0) is 21.5. The van der Waals surface area contributed by atoms with Gasteiger partial charge in [-0.15, -0.1) is 0 Å². The summed E-state index contributed by atoms with van der Waals surface area (Å²) in [6.07, 6.45) is 1.47. The van der Waals surface area contributed by atoms with Gasteiger partial charge in [0.25, 0.3) is 5.91 Å². The van der Waals surface area contributed by atoms with E-state index in [0.717, 1.165) is 32.0 Å². The number of carbonyl (C=O) groups excluding carboxylic acids is 1. The Morgan fingerprint density at radius 2 is 1.61 bits per heavy atom. The Kier molecular flexibility index (Phi) is 6.47. The zero-order valence-corrected chi connectivity index (χ0v) is 17.4. The number of hydrogen-bond donors (Lipinski definition) is 1. The van der Waals surface area contributed by atoms with E-state index in [4.69, 9.17) is 9.47 Å². The van der Waals surface area contributed by atoms with Crippen molar-refractivity contribution in [2.24, 2.45) is 0 Å². The van der Waals surface area contributed by atoms with E-state index in [-0.39, 0.29) is 12.5 Å². The first kappa shape index (κ1) is 20.5. The van der Waals surface area contributed by atoms with Crippen molar-refractivity contribution >= 4 is 23.2 Å². The van der Waals surface area contributed by atoms with Crippen LogP contribution in [0.3, 0.4) is 0 Å². The van der Waals surface area contributed by atoms with Gasteiger partial charge in [-0.2, -0.15) is 0 Å². The lowest BCUT2D eigenvalue weighted by Gasteiger charge is -2.36. The molecule has 1 saturated heterocycles. The summed E-state index contributed by atoms with van der Waals surface area (Å²) in [7, 11) is 1.56. The van der Waals surface area contributed by atoms with Gasteiger partial charge < -0.3 is 24.6 Å². The summed E-state index contributed by atoms with van der Waals surface area (Å²) >= 11 is 0. The highest BCUT2D eigenvalue weighted by atomic mass is 16.5. The van der Waals surface area contributed by atoms with Gasteiger partial charge >= 0.3 is 0 Å². The number of carbonyl (C=O) groups is 1. The van der Waals surface area contributed by atoms with Crippen molar-refractivity contribution in [3.63, 3.8) is 0 Å². The van der Waals surface area contributed by atoms with Crippen LogP contribution in [-0.2, 0) is 4.79 Å². The molecule has 1 amide bonds. The van der Waals surface area contributed by atoms with E-state index >= 15 is 0 Å². The highest BCUT2D eigenvalue weighted by Gasteiger charge is 2.19. The topological polar surface area (TPSA) is 79.8 Å². The van der Waals surface area contributed by atoms with Gasteiger partial charge in [0.1, 0.15) is 18.0 Å². The van der Waals surface area contributed by atoms with Crippen molar-refractivity contribution in [3.8, 4) is 11.5 Å². The van der Waals surface area contributed by atoms with Gasteiger partial charge in [-0.3, -0.25) is 4.79 Å². The standard InChI is InChI=1S/C23H25N5O3/c1-30-19-9-5-6-10-20(19)31-16-23(29)26-21-15-22(25-17-24-21)28-13-11-27(12-14-28)18-7-3-2-4-8-18/h2-10,15,17H,11-14,16H2,1H3,(H,24,25,26,29). The molecule has 1 aliphatic rings. The molecule has 0 aliphatic carbocycles. The predicted molar refractivity (Wildman–Crippen MR) is 120 cm³/mol. The van der Waals surface area contributed by atoms with Gasteiger partial charge in [0.15, 0.2) is 18.1 Å². The third-order valence-electron chi connectivity index (χ3n) is 5.07. The van der Waals surface area contributed by atoms with E-state index in [1.54, 1.807) is 25.3 Å². The van der Waals surface area contributed by atoms with E-state index in [9.17, 15) is 4.79 Å².